The number of rotatable bonds is 9. The molecule has 0 heterocycles. The second-order valence-electron chi connectivity index (χ2n) is 5.26. The van der Waals surface area contributed by atoms with Crippen LogP contribution in [0.1, 0.15) is 38.8 Å². The van der Waals surface area contributed by atoms with E-state index in [4.69, 9.17) is 9.47 Å². The van der Waals surface area contributed by atoms with Gasteiger partial charge < -0.3 is 24.8 Å². The number of esters is 1. The van der Waals surface area contributed by atoms with E-state index >= 15 is 0 Å². The fourth-order valence-corrected chi connectivity index (χ4v) is 2.21. The average Bonchev–Trinajstić information content (AvgIpc) is 2.62. The smallest absolute Gasteiger partial charge is 0.307 e. The molecule has 1 rings (SSSR count). The highest BCUT2D eigenvalue weighted by molar-refractivity contribution is 5.80. The minimum Gasteiger partial charge on any atom is -0.490 e. The molecule has 7 heteroatoms. The molecule has 0 aliphatic heterocycles. The van der Waals surface area contributed by atoms with Gasteiger partial charge in [0.25, 0.3) is 0 Å². The van der Waals surface area contributed by atoms with Crippen molar-refractivity contribution in [3.63, 3.8) is 0 Å². The van der Waals surface area contributed by atoms with E-state index in [9.17, 15) is 4.79 Å². The lowest BCUT2D eigenvalue weighted by Gasteiger charge is -2.20. The molecule has 0 aliphatic carbocycles. The molecule has 0 bridgehead atoms. The second kappa shape index (κ2) is 11.2. The first-order valence-corrected chi connectivity index (χ1v) is 8.49. The van der Waals surface area contributed by atoms with E-state index in [1.165, 1.54) is 7.11 Å². The maximum absolute atomic E-state index is 11.2. The Balaban J connectivity index is 2.72. The van der Waals surface area contributed by atoms with Crippen LogP contribution in [0.25, 0.3) is 0 Å². The third kappa shape index (κ3) is 6.91. The summed E-state index contributed by atoms with van der Waals surface area (Å²) in [7, 11) is 3.06. The molecule has 0 amide bonds. The number of nitrogens with zero attached hydrogens (tertiary/aromatic N) is 1. The van der Waals surface area contributed by atoms with E-state index in [1.807, 2.05) is 39.0 Å². The van der Waals surface area contributed by atoms with Gasteiger partial charge in [-0.05, 0) is 38.5 Å². The lowest BCUT2D eigenvalue weighted by Crippen LogP contribution is -2.39. The van der Waals surface area contributed by atoms with Gasteiger partial charge in [0.15, 0.2) is 17.5 Å². The number of guanidine groups is 1. The van der Waals surface area contributed by atoms with Gasteiger partial charge in [-0.3, -0.25) is 9.79 Å². The van der Waals surface area contributed by atoms with Crippen molar-refractivity contribution in [1.29, 1.82) is 0 Å². The maximum atomic E-state index is 11.2. The first-order valence-electron chi connectivity index (χ1n) is 8.49. The van der Waals surface area contributed by atoms with Gasteiger partial charge in [0, 0.05) is 13.6 Å². The minimum absolute atomic E-state index is 0.000732. The monoisotopic (exact) mass is 351 g/mol. The van der Waals surface area contributed by atoms with Crippen LogP contribution in [-0.4, -0.2) is 45.8 Å². The van der Waals surface area contributed by atoms with E-state index in [0.29, 0.717) is 25.7 Å². The Labute approximate surface area is 149 Å². The van der Waals surface area contributed by atoms with Crippen LogP contribution in [0.4, 0.5) is 0 Å². The number of carbonyl (C=O) groups excluding carboxylic acids is 1. The van der Waals surface area contributed by atoms with Crippen LogP contribution >= 0.6 is 0 Å². The molecule has 2 N–H and O–H groups in total. The fourth-order valence-electron chi connectivity index (χ4n) is 2.21. The summed E-state index contributed by atoms with van der Waals surface area (Å²) in [6.45, 7) is 7.52. The topological polar surface area (TPSA) is 81.2 Å². The van der Waals surface area contributed by atoms with Crippen molar-refractivity contribution in [3.8, 4) is 11.5 Å². The molecular weight excluding hydrogens is 322 g/mol. The van der Waals surface area contributed by atoms with Crippen molar-refractivity contribution in [2.45, 2.75) is 33.2 Å². The molecule has 1 unspecified atom stereocenters. The van der Waals surface area contributed by atoms with E-state index in [0.717, 1.165) is 17.1 Å². The Morgan fingerprint density at radius 2 is 1.88 bits per heavy atom. The van der Waals surface area contributed by atoms with Gasteiger partial charge in [0.1, 0.15) is 0 Å². The summed E-state index contributed by atoms with van der Waals surface area (Å²) in [6.07, 6.45) is 0.281. The predicted molar refractivity (Wildman–Crippen MR) is 98.3 cm³/mol. The van der Waals surface area contributed by atoms with E-state index in [2.05, 4.69) is 20.4 Å². The zero-order valence-corrected chi connectivity index (χ0v) is 15.7. The van der Waals surface area contributed by atoms with Crippen LogP contribution in [0.15, 0.2) is 23.2 Å². The summed E-state index contributed by atoms with van der Waals surface area (Å²) in [6, 6.07) is 5.87. The average molecular weight is 351 g/mol. The molecule has 0 saturated carbocycles. The predicted octanol–water partition coefficient (Wildman–Crippen LogP) is 2.27. The number of aliphatic imine (C=N–C) groups is 1. The molecule has 0 radical (unpaired) electrons. The molecule has 1 aromatic rings. The molecule has 0 spiro atoms. The number of nitrogens with one attached hydrogen (secondary N) is 2. The number of ether oxygens (including phenoxy) is 3. The van der Waals surface area contributed by atoms with Crippen molar-refractivity contribution < 1.29 is 19.0 Å². The number of hydrogen-bond donors (Lipinski definition) is 2. The number of methoxy groups -OCH3 is 1. The summed E-state index contributed by atoms with van der Waals surface area (Å²) in [4.78, 5) is 15.3. The quantitative estimate of drug-likeness (QED) is 0.404. The third-order valence-electron chi connectivity index (χ3n) is 3.49. The lowest BCUT2D eigenvalue weighted by atomic mass is 10.1. The summed E-state index contributed by atoms with van der Waals surface area (Å²) >= 11 is 0. The normalized spacial score (nSPS) is 12.3. The van der Waals surface area contributed by atoms with Crippen LogP contribution < -0.4 is 20.1 Å². The van der Waals surface area contributed by atoms with Gasteiger partial charge in [-0.25, -0.2) is 0 Å². The molecule has 1 atom stereocenters. The minimum atomic E-state index is -0.260. The molecule has 0 aliphatic rings. The third-order valence-corrected chi connectivity index (χ3v) is 3.49. The standard InChI is InChI=1S/C18H29N3O4/c1-6-24-15-9-8-14(12-16(15)25-7-2)13(3)21-18(19-4)20-11-10-17(22)23-5/h8-9,12-13H,6-7,10-11H2,1-5H3,(H2,19,20,21). The molecule has 140 valence electrons. The molecular formula is C18H29N3O4. The molecule has 1 aromatic carbocycles. The Kier molecular flexibility index (Phi) is 9.21. The Morgan fingerprint density at radius 1 is 1.20 bits per heavy atom. The summed E-state index contributed by atoms with van der Waals surface area (Å²) in [5.74, 6) is 1.82. The van der Waals surface area contributed by atoms with Gasteiger partial charge in [-0.15, -0.1) is 0 Å². The van der Waals surface area contributed by atoms with E-state index < -0.39 is 0 Å². The Hall–Kier alpha value is -2.44. The van der Waals surface area contributed by atoms with Crippen molar-refractivity contribution in [2.24, 2.45) is 4.99 Å². The second-order valence-corrected chi connectivity index (χ2v) is 5.26. The van der Waals surface area contributed by atoms with Crippen LogP contribution in [0.2, 0.25) is 0 Å². The van der Waals surface area contributed by atoms with Crippen LogP contribution in [-0.2, 0) is 9.53 Å². The zero-order valence-electron chi connectivity index (χ0n) is 15.7. The van der Waals surface area contributed by atoms with Crippen LogP contribution in [0.5, 0.6) is 11.5 Å². The van der Waals surface area contributed by atoms with Gasteiger partial charge in [0.2, 0.25) is 0 Å². The molecule has 0 saturated heterocycles. The van der Waals surface area contributed by atoms with Crippen molar-refractivity contribution in [3.05, 3.63) is 23.8 Å². The lowest BCUT2D eigenvalue weighted by molar-refractivity contribution is -0.140. The molecule has 7 nitrogen and oxygen atoms in total. The molecule has 0 aromatic heterocycles. The number of hydrogen-bond acceptors (Lipinski definition) is 5. The first kappa shape index (κ1) is 20.6. The van der Waals surface area contributed by atoms with E-state index in [-0.39, 0.29) is 18.4 Å². The van der Waals surface area contributed by atoms with Gasteiger partial charge in [0.05, 0.1) is 32.8 Å². The van der Waals surface area contributed by atoms with Gasteiger partial charge in [-0.2, -0.15) is 0 Å². The SMILES string of the molecule is CCOc1ccc(C(C)NC(=NC)NCCC(=O)OC)cc1OCC. The highest BCUT2D eigenvalue weighted by Gasteiger charge is 2.12. The van der Waals surface area contributed by atoms with Crippen molar-refractivity contribution in [1.82, 2.24) is 10.6 Å². The number of carbonyl (C=O) groups is 1. The summed E-state index contributed by atoms with van der Waals surface area (Å²) < 4.78 is 15.9. The zero-order chi connectivity index (χ0) is 18.7. The first-order chi connectivity index (χ1) is 12.0. The summed E-state index contributed by atoms with van der Waals surface area (Å²) in [5, 5.41) is 6.37. The molecule has 25 heavy (non-hydrogen) atoms. The van der Waals surface area contributed by atoms with Crippen LogP contribution in [0, 0.1) is 0 Å². The maximum Gasteiger partial charge on any atom is 0.307 e. The molecule has 0 fully saturated rings. The van der Waals surface area contributed by atoms with Crippen molar-refractivity contribution in [2.75, 3.05) is 33.9 Å². The summed E-state index contributed by atoms with van der Waals surface area (Å²) in [5.41, 5.74) is 1.04. The fraction of sp³-hybridized carbons (Fsp3) is 0.556. The van der Waals surface area contributed by atoms with Gasteiger partial charge >= 0.3 is 5.97 Å². The number of benzene rings is 1. The van der Waals surface area contributed by atoms with Crippen LogP contribution in [0.3, 0.4) is 0 Å². The Morgan fingerprint density at radius 3 is 2.48 bits per heavy atom. The highest BCUT2D eigenvalue weighted by Crippen LogP contribution is 2.30. The Bertz CT molecular complexity index is 575. The largest absolute Gasteiger partial charge is 0.490 e. The van der Waals surface area contributed by atoms with Crippen molar-refractivity contribution >= 4 is 11.9 Å². The highest BCUT2D eigenvalue weighted by atomic mass is 16.5. The van der Waals surface area contributed by atoms with Gasteiger partial charge in [-0.1, -0.05) is 6.07 Å². The van der Waals surface area contributed by atoms with E-state index in [1.54, 1.807) is 7.05 Å².